The van der Waals surface area contributed by atoms with Crippen LogP contribution >= 0.6 is 0 Å². The maximum absolute atomic E-state index is 13.2. The van der Waals surface area contributed by atoms with E-state index in [1.54, 1.807) is 42.5 Å². The summed E-state index contributed by atoms with van der Waals surface area (Å²) in [5.74, 6) is -4.08. The molecule has 9 heteroatoms. The molecule has 4 rings (SSSR count). The molecular weight excluding hydrogens is 426 g/mol. The lowest BCUT2D eigenvalue weighted by atomic mass is 9.98. The molecule has 1 saturated heterocycles. The zero-order chi connectivity index (χ0) is 23.5. The predicted octanol–water partition coefficient (Wildman–Crippen LogP) is 0.304. The van der Waals surface area contributed by atoms with E-state index < -0.39 is 42.1 Å². The Balaban J connectivity index is 1.52. The molecule has 1 fully saturated rings. The topological polar surface area (TPSA) is 118 Å². The number of piperidine rings is 1. The van der Waals surface area contributed by atoms with E-state index >= 15 is 0 Å². The Morgan fingerprint density at radius 2 is 1.55 bits per heavy atom. The van der Waals surface area contributed by atoms with Crippen molar-refractivity contribution in [1.82, 2.24) is 9.80 Å². The van der Waals surface area contributed by atoms with Gasteiger partial charge in [0.25, 0.3) is 11.8 Å². The number of hydrogen-bond acceptors (Lipinski definition) is 6. The number of hydrogen-bond donors (Lipinski definition) is 0. The average Bonchev–Trinajstić information content (AvgIpc) is 3.08. The van der Waals surface area contributed by atoms with Crippen LogP contribution in [-0.2, 0) is 14.4 Å². The van der Waals surface area contributed by atoms with E-state index in [9.17, 15) is 29.1 Å². The van der Waals surface area contributed by atoms with Crippen LogP contribution in [0.1, 0.15) is 33.6 Å². The molecule has 9 nitrogen and oxygen atoms in total. The quantitative estimate of drug-likeness (QED) is 0.587. The van der Waals surface area contributed by atoms with Gasteiger partial charge in [-0.3, -0.25) is 24.1 Å². The summed E-state index contributed by atoms with van der Waals surface area (Å²) in [6.07, 6.45) is 0.964. The fourth-order valence-electron chi connectivity index (χ4n) is 4.17. The first-order valence-electron chi connectivity index (χ1n) is 10.7. The molecule has 0 bridgehead atoms. The lowest BCUT2D eigenvalue weighted by Gasteiger charge is -2.35. The van der Waals surface area contributed by atoms with Crippen molar-refractivity contribution < 1.29 is 29.1 Å². The molecule has 0 spiro atoms. The number of carboxylic acid groups (broad SMARTS) is 1. The molecule has 2 aliphatic rings. The van der Waals surface area contributed by atoms with Crippen LogP contribution in [0.3, 0.4) is 0 Å². The molecule has 33 heavy (non-hydrogen) atoms. The third kappa shape index (κ3) is 4.48. The number of rotatable bonds is 6. The summed E-state index contributed by atoms with van der Waals surface area (Å²) in [4.78, 5) is 66.3. The first kappa shape index (κ1) is 22.2. The smallest absolute Gasteiger partial charge is 0.262 e. The van der Waals surface area contributed by atoms with Crippen molar-refractivity contribution in [2.45, 2.75) is 12.8 Å². The molecule has 1 unspecified atom stereocenters. The van der Waals surface area contributed by atoms with Crippen molar-refractivity contribution in [2.24, 2.45) is 5.92 Å². The Kier molecular flexibility index (Phi) is 6.21. The number of anilines is 1. The Labute approximate surface area is 190 Å². The normalized spacial score (nSPS) is 17.6. The Morgan fingerprint density at radius 1 is 0.939 bits per heavy atom. The predicted molar refractivity (Wildman–Crippen MR) is 115 cm³/mol. The van der Waals surface area contributed by atoms with E-state index in [4.69, 9.17) is 0 Å². The van der Waals surface area contributed by atoms with Gasteiger partial charge in [0.2, 0.25) is 11.8 Å². The molecule has 2 aliphatic heterocycles. The Bertz CT molecular complexity index is 1080. The largest absolute Gasteiger partial charge is 0.550 e. The van der Waals surface area contributed by atoms with Crippen LogP contribution in [0.2, 0.25) is 0 Å². The van der Waals surface area contributed by atoms with Gasteiger partial charge in [-0.25, -0.2) is 0 Å². The fraction of sp³-hybridized carbons (Fsp3) is 0.292. The molecule has 1 atom stereocenters. The van der Waals surface area contributed by atoms with Gasteiger partial charge in [-0.15, -0.1) is 0 Å². The van der Waals surface area contributed by atoms with Crippen LogP contribution in [0.25, 0.3) is 0 Å². The second-order valence-electron chi connectivity index (χ2n) is 8.06. The summed E-state index contributed by atoms with van der Waals surface area (Å²) < 4.78 is 0. The SMILES string of the molecule is O=C([O-])C1CCCN(C(=O)CN(C(=O)CN2C(=O)c3ccccc3C2=O)c2ccccc2)C1. The number of likely N-dealkylation sites (tertiary alicyclic amines) is 1. The van der Waals surface area contributed by atoms with Gasteiger partial charge in [0, 0.05) is 30.7 Å². The molecule has 0 aromatic heterocycles. The number of carbonyl (C=O) groups is 5. The second kappa shape index (κ2) is 9.23. The molecule has 4 amide bonds. The first-order valence-corrected chi connectivity index (χ1v) is 10.7. The number of carbonyl (C=O) groups excluding carboxylic acids is 5. The van der Waals surface area contributed by atoms with Gasteiger partial charge in [-0.05, 0) is 37.1 Å². The number of benzene rings is 2. The van der Waals surface area contributed by atoms with Gasteiger partial charge in [0.1, 0.15) is 13.1 Å². The van der Waals surface area contributed by atoms with E-state index in [1.807, 2.05) is 0 Å². The zero-order valence-corrected chi connectivity index (χ0v) is 17.8. The second-order valence-corrected chi connectivity index (χ2v) is 8.06. The van der Waals surface area contributed by atoms with Gasteiger partial charge in [-0.1, -0.05) is 30.3 Å². The molecule has 0 aliphatic carbocycles. The minimum absolute atomic E-state index is 0.0242. The Hall–Kier alpha value is -4.01. The monoisotopic (exact) mass is 448 g/mol. The number of nitrogens with zero attached hydrogens (tertiary/aromatic N) is 3. The molecular formula is C24H22N3O6-. The lowest BCUT2D eigenvalue weighted by molar-refractivity contribution is -0.312. The van der Waals surface area contributed by atoms with Crippen LogP contribution in [0.15, 0.2) is 54.6 Å². The summed E-state index contributed by atoms with van der Waals surface area (Å²) in [7, 11) is 0. The van der Waals surface area contributed by atoms with E-state index in [1.165, 1.54) is 21.9 Å². The number of amides is 4. The van der Waals surface area contributed by atoms with Gasteiger partial charge in [0.05, 0.1) is 11.1 Å². The summed E-state index contributed by atoms with van der Waals surface area (Å²) >= 11 is 0. The number of fused-ring (bicyclic) bond motifs is 1. The highest BCUT2D eigenvalue weighted by Gasteiger charge is 2.37. The van der Waals surface area contributed by atoms with E-state index in [2.05, 4.69) is 0 Å². The van der Waals surface area contributed by atoms with Gasteiger partial charge < -0.3 is 19.7 Å². The van der Waals surface area contributed by atoms with Crippen LogP contribution in [-0.4, -0.2) is 65.6 Å². The highest BCUT2D eigenvalue weighted by Crippen LogP contribution is 2.23. The van der Waals surface area contributed by atoms with Crippen molar-refractivity contribution in [2.75, 3.05) is 31.1 Å². The Morgan fingerprint density at radius 3 is 2.15 bits per heavy atom. The third-order valence-electron chi connectivity index (χ3n) is 5.94. The molecule has 2 aromatic carbocycles. The first-order chi connectivity index (χ1) is 15.9. The maximum Gasteiger partial charge on any atom is 0.262 e. The molecule has 2 heterocycles. The summed E-state index contributed by atoms with van der Waals surface area (Å²) in [6, 6.07) is 14.8. The van der Waals surface area contributed by atoms with Crippen molar-refractivity contribution in [1.29, 1.82) is 0 Å². The molecule has 2 aromatic rings. The van der Waals surface area contributed by atoms with Gasteiger partial charge in [0.15, 0.2) is 0 Å². The molecule has 170 valence electrons. The van der Waals surface area contributed by atoms with E-state index in [0.717, 1.165) is 4.90 Å². The van der Waals surface area contributed by atoms with Gasteiger partial charge in [-0.2, -0.15) is 0 Å². The van der Waals surface area contributed by atoms with Crippen LogP contribution in [0.4, 0.5) is 5.69 Å². The third-order valence-corrected chi connectivity index (χ3v) is 5.94. The average molecular weight is 448 g/mol. The van der Waals surface area contributed by atoms with E-state index in [-0.39, 0.29) is 24.2 Å². The van der Waals surface area contributed by atoms with Crippen molar-refractivity contribution >= 4 is 35.3 Å². The van der Waals surface area contributed by atoms with Crippen LogP contribution in [0, 0.1) is 5.92 Å². The van der Waals surface area contributed by atoms with E-state index in [0.29, 0.717) is 25.1 Å². The summed E-state index contributed by atoms with van der Waals surface area (Å²) in [5, 5.41) is 11.2. The highest BCUT2D eigenvalue weighted by atomic mass is 16.4. The summed E-state index contributed by atoms with van der Waals surface area (Å²) in [5.41, 5.74) is 0.902. The molecule has 0 saturated carbocycles. The lowest BCUT2D eigenvalue weighted by Crippen LogP contribution is -2.51. The van der Waals surface area contributed by atoms with Crippen molar-refractivity contribution in [3.8, 4) is 0 Å². The number of carboxylic acids is 1. The zero-order valence-electron chi connectivity index (χ0n) is 17.8. The maximum atomic E-state index is 13.2. The summed E-state index contributed by atoms with van der Waals surface area (Å²) in [6.45, 7) is -0.448. The molecule has 0 radical (unpaired) electrons. The van der Waals surface area contributed by atoms with Crippen LogP contribution in [0.5, 0.6) is 0 Å². The van der Waals surface area contributed by atoms with Crippen LogP contribution < -0.4 is 10.0 Å². The van der Waals surface area contributed by atoms with Gasteiger partial charge >= 0.3 is 0 Å². The number of para-hydroxylation sites is 1. The fourth-order valence-corrected chi connectivity index (χ4v) is 4.17. The molecule has 0 N–H and O–H groups in total. The number of imide groups is 1. The number of aliphatic carboxylic acids is 1. The minimum atomic E-state index is -1.20. The van der Waals surface area contributed by atoms with Crippen molar-refractivity contribution in [3.05, 3.63) is 65.7 Å². The standard InChI is InChI=1S/C24H23N3O6/c28-20(25-12-6-7-16(13-25)24(32)33)14-26(17-8-2-1-3-9-17)21(29)15-27-22(30)18-10-4-5-11-19(18)23(27)31/h1-5,8-11,16H,6-7,12-15H2,(H,32,33)/p-1. The highest BCUT2D eigenvalue weighted by molar-refractivity contribution is 6.22. The van der Waals surface area contributed by atoms with Crippen molar-refractivity contribution in [3.63, 3.8) is 0 Å². The minimum Gasteiger partial charge on any atom is -0.550 e.